The van der Waals surface area contributed by atoms with Crippen LogP contribution in [0.2, 0.25) is 0 Å². The fraction of sp³-hybridized carbons (Fsp3) is 0.393. The molecule has 10 heteroatoms. The molecule has 4 aromatic rings. The standard InChI is InChI=1S/C28H35N5O5/c1-17(28(2,3)36)31-19-14-21-24(32-23(34)11-13-37-4)25(27(35)38-5)33(26(21)30-16-19)12-10-18-15-29-22-9-7-6-8-20(18)22/h6-9,14-17,29,31,36H,10-13H2,1-5H3,(H,32,34)/t17-/m1/s1. The van der Waals surface area contributed by atoms with Crippen LogP contribution in [-0.2, 0) is 27.2 Å². The maximum atomic E-state index is 13.1. The number of amides is 1. The highest BCUT2D eigenvalue weighted by Crippen LogP contribution is 2.34. The van der Waals surface area contributed by atoms with Gasteiger partial charge in [-0.1, -0.05) is 18.2 Å². The molecule has 0 spiro atoms. The van der Waals surface area contributed by atoms with Crippen LogP contribution >= 0.6 is 0 Å². The molecule has 0 saturated carbocycles. The second kappa shape index (κ2) is 11.2. The summed E-state index contributed by atoms with van der Waals surface area (Å²) < 4.78 is 12.0. The van der Waals surface area contributed by atoms with Crippen molar-refractivity contribution < 1.29 is 24.2 Å². The van der Waals surface area contributed by atoms with E-state index in [1.54, 1.807) is 24.6 Å². The molecule has 202 valence electrons. The van der Waals surface area contributed by atoms with Gasteiger partial charge >= 0.3 is 5.97 Å². The van der Waals surface area contributed by atoms with E-state index in [0.29, 0.717) is 35.4 Å². The molecule has 1 atom stereocenters. The molecule has 3 aromatic heterocycles. The number of aromatic amines is 1. The summed E-state index contributed by atoms with van der Waals surface area (Å²) in [5.74, 6) is -0.876. The Kier molecular flexibility index (Phi) is 8.03. The molecule has 0 aliphatic heterocycles. The van der Waals surface area contributed by atoms with Gasteiger partial charge in [0.25, 0.3) is 0 Å². The lowest BCUT2D eigenvalue weighted by Gasteiger charge is -2.27. The van der Waals surface area contributed by atoms with E-state index >= 15 is 0 Å². The number of carbonyl (C=O) groups excluding carboxylic acids is 2. The number of methoxy groups -OCH3 is 2. The number of rotatable bonds is 11. The molecule has 0 saturated heterocycles. The summed E-state index contributed by atoms with van der Waals surface area (Å²) in [7, 11) is 2.83. The molecule has 0 aliphatic rings. The summed E-state index contributed by atoms with van der Waals surface area (Å²) in [6.07, 6.45) is 4.37. The third-order valence-electron chi connectivity index (χ3n) is 6.80. The minimum atomic E-state index is -0.978. The fourth-order valence-electron chi connectivity index (χ4n) is 4.35. The largest absolute Gasteiger partial charge is 0.464 e. The van der Waals surface area contributed by atoms with Gasteiger partial charge in [-0.2, -0.15) is 0 Å². The number of anilines is 2. The number of nitrogens with zero attached hydrogens (tertiary/aromatic N) is 2. The van der Waals surface area contributed by atoms with Crippen molar-refractivity contribution in [2.45, 2.75) is 51.8 Å². The van der Waals surface area contributed by atoms with Gasteiger partial charge in [-0.15, -0.1) is 0 Å². The number of esters is 1. The van der Waals surface area contributed by atoms with E-state index in [1.165, 1.54) is 14.2 Å². The third-order valence-corrected chi connectivity index (χ3v) is 6.80. The van der Waals surface area contributed by atoms with E-state index in [-0.39, 0.29) is 30.7 Å². The molecule has 1 aromatic carbocycles. The van der Waals surface area contributed by atoms with E-state index in [9.17, 15) is 14.7 Å². The van der Waals surface area contributed by atoms with Crippen molar-refractivity contribution in [3.63, 3.8) is 0 Å². The summed E-state index contributed by atoms with van der Waals surface area (Å²) in [5, 5.41) is 18.2. The number of ether oxygens (including phenoxy) is 2. The number of aryl methyl sites for hydroxylation is 2. The van der Waals surface area contributed by atoms with Crippen LogP contribution in [0.5, 0.6) is 0 Å². The smallest absolute Gasteiger partial charge is 0.356 e. The van der Waals surface area contributed by atoms with E-state index in [1.807, 2.05) is 37.4 Å². The van der Waals surface area contributed by atoms with Crippen LogP contribution in [0.4, 0.5) is 11.4 Å². The number of fused-ring (bicyclic) bond motifs is 2. The fourth-order valence-corrected chi connectivity index (χ4v) is 4.35. The number of para-hydroxylation sites is 1. The lowest BCUT2D eigenvalue weighted by Crippen LogP contribution is -2.39. The van der Waals surface area contributed by atoms with Crippen LogP contribution in [0.3, 0.4) is 0 Å². The molecule has 0 radical (unpaired) electrons. The summed E-state index contributed by atoms with van der Waals surface area (Å²) >= 11 is 0. The quantitative estimate of drug-likeness (QED) is 0.219. The molecule has 0 unspecified atom stereocenters. The summed E-state index contributed by atoms with van der Waals surface area (Å²) in [4.78, 5) is 33.8. The molecule has 1 amide bonds. The first kappa shape index (κ1) is 27.2. The predicted octanol–water partition coefficient (Wildman–Crippen LogP) is 4.09. The minimum Gasteiger partial charge on any atom is -0.464 e. The molecule has 3 heterocycles. The average Bonchev–Trinajstić information content (AvgIpc) is 3.43. The Morgan fingerprint density at radius 1 is 1.21 bits per heavy atom. The zero-order chi connectivity index (χ0) is 27.4. The minimum absolute atomic E-state index is 0.125. The number of hydrogen-bond acceptors (Lipinski definition) is 7. The number of H-pyrrole nitrogens is 1. The van der Waals surface area contributed by atoms with Crippen LogP contribution in [0.1, 0.15) is 43.2 Å². The van der Waals surface area contributed by atoms with Crippen LogP contribution in [-0.4, -0.2) is 64.0 Å². The Balaban J connectivity index is 1.80. The van der Waals surface area contributed by atoms with Gasteiger partial charge in [0.15, 0.2) is 5.69 Å². The Bertz CT molecular complexity index is 1450. The number of benzene rings is 1. The van der Waals surface area contributed by atoms with Crippen LogP contribution < -0.4 is 10.6 Å². The van der Waals surface area contributed by atoms with Crippen molar-refractivity contribution in [2.24, 2.45) is 0 Å². The van der Waals surface area contributed by atoms with Crippen LogP contribution in [0, 0.1) is 0 Å². The van der Waals surface area contributed by atoms with E-state index < -0.39 is 11.6 Å². The topological polar surface area (TPSA) is 130 Å². The van der Waals surface area contributed by atoms with Gasteiger partial charge < -0.3 is 34.8 Å². The van der Waals surface area contributed by atoms with Gasteiger partial charge in [0.2, 0.25) is 5.91 Å². The summed E-state index contributed by atoms with van der Waals surface area (Å²) in [5.41, 5.74) is 2.88. The van der Waals surface area contributed by atoms with Gasteiger partial charge in [-0.3, -0.25) is 4.79 Å². The zero-order valence-electron chi connectivity index (χ0n) is 22.4. The van der Waals surface area contributed by atoms with Gasteiger partial charge in [-0.25, -0.2) is 9.78 Å². The molecule has 0 aliphatic carbocycles. The Hall–Kier alpha value is -3.89. The molecule has 4 N–H and O–H groups in total. The highest BCUT2D eigenvalue weighted by atomic mass is 16.5. The Labute approximate surface area is 221 Å². The second-order valence-electron chi connectivity index (χ2n) is 9.88. The first-order chi connectivity index (χ1) is 18.1. The molecular formula is C28H35N5O5. The number of aliphatic hydroxyl groups is 1. The van der Waals surface area contributed by atoms with Crippen molar-refractivity contribution in [1.29, 1.82) is 0 Å². The third kappa shape index (κ3) is 5.66. The Morgan fingerprint density at radius 3 is 2.68 bits per heavy atom. The molecule has 4 rings (SSSR count). The maximum absolute atomic E-state index is 13.1. The SMILES string of the molecule is COCCC(=O)Nc1c(C(=O)OC)n(CCc2c[nH]c3ccccc23)c2ncc(N[C@H](C)C(C)(C)O)cc12. The van der Waals surface area contributed by atoms with E-state index in [0.717, 1.165) is 16.5 Å². The van der Waals surface area contributed by atoms with Crippen LogP contribution in [0.25, 0.3) is 21.9 Å². The average molecular weight is 522 g/mol. The summed E-state index contributed by atoms with van der Waals surface area (Å²) in [6.45, 7) is 5.97. The molecule has 10 nitrogen and oxygen atoms in total. The number of hydrogen-bond donors (Lipinski definition) is 4. The lowest BCUT2D eigenvalue weighted by atomic mass is 10.0. The van der Waals surface area contributed by atoms with Gasteiger partial charge in [0.05, 0.1) is 49.4 Å². The summed E-state index contributed by atoms with van der Waals surface area (Å²) in [6, 6.07) is 9.57. The molecule has 0 fully saturated rings. The number of nitrogens with one attached hydrogen (secondary N) is 3. The highest BCUT2D eigenvalue weighted by Gasteiger charge is 2.27. The van der Waals surface area contributed by atoms with Crippen molar-refractivity contribution in [2.75, 3.05) is 31.5 Å². The lowest BCUT2D eigenvalue weighted by molar-refractivity contribution is -0.117. The predicted molar refractivity (Wildman–Crippen MR) is 148 cm³/mol. The maximum Gasteiger partial charge on any atom is 0.356 e. The van der Waals surface area contributed by atoms with Crippen molar-refractivity contribution >= 4 is 45.2 Å². The molecular weight excluding hydrogens is 486 g/mol. The second-order valence-corrected chi connectivity index (χ2v) is 9.88. The van der Waals surface area contributed by atoms with Crippen molar-refractivity contribution in [1.82, 2.24) is 14.5 Å². The molecule has 0 bridgehead atoms. The van der Waals surface area contributed by atoms with Gasteiger partial charge in [0.1, 0.15) is 5.65 Å². The normalized spacial score (nSPS) is 12.6. The Morgan fingerprint density at radius 2 is 1.97 bits per heavy atom. The monoisotopic (exact) mass is 521 g/mol. The van der Waals surface area contributed by atoms with E-state index in [4.69, 9.17) is 9.47 Å². The first-order valence-electron chi connectivity index (χ1n) is 12.6. The number of aromatic nitrogens is 3. The van der Waals surface area contributed by atoms with Crippen LogP contribution in [0.15, 0.2) is 42.7 Å². The van der Waals surface area contributed by atoms with Crippen molar-refractivity contribution in [3.8, 4) is 0 Å². The van der Waals surface area contributed by atoms with Gasteiger partial charge in [-0.05, 0) is 44.9 Å². The first-order valence-corrected chi connectivity index (χ1v) is 12.6. The number of pyridine rings is 1. The zero-order valence-corrected chi connectivity index (χ0v) is 22.4. The van der Waals surface area contributed by atoms with Gasteiger partial charge in [0, 0.05) is 36.1 Å². The highest BCUT2D eigenvalue weighted by molar-refractivity contribution is 6.11. The van der Waals surface area contributed by atoms with E-state index in [2.05, 4.69) is 26.7 Å². The molecule has 38 heavy (non-hydrogen) atoms. The number of carbonyl (C=O) groups is 2. The van der Waals surface area contributed by atoms with Crippen molar-refractivity contribution in [3.05, 3.63) is 54.0 Å².